The maximum absolute atomic E-state index is 13.0. The lowest BCUT2D eigenvalue weighted by atomic mass is 9.61. The van der Waals surface area contributed by atoms with Gasteiger partial charge < -0.3 is 0 Å². The molecule has 0 nitrogen and oxygen atoms in total. The highest BCUT2D eigenvalue weighted by Crippen LogP contribution is 2.28. The van der Waals surface area contributed by atoms with Gasteiger partial charge in [-0.1, -0.05) is 0 Å². The predicted molar refractivity (Wildman–Crippen MR) is 47.9 cm³/mol. The molecule has 60 valence electrons. The maximum Gasteiger partial charge on any atom is 0.124 e. The summed E-state index contributed by atoms with van der Waals surface area (Å²) in [5.41, 5.74) is -4.92. The Morgan fingerprint density at radius 3 is 2.09 bits per heavy atom. The van der Waals surface area contributed by atoms with E-state index < -0.39 is 11.1 Å². The van der Waals surface area contributed by atoms with Crippen LogP contribution in [0.5, 0.6) is 0 Å². The van der Waals surface area contributed by atoms with Crippen molar-refractivity contribution < 1.29 is 8.78 Å². The first-order valence-electron chi connectivity index (χ1n) is 3.38. The third kappa shape index (κ3) is 3.50. The summed E-state index contributed by atoms with van der Waals surface area (Å²) in [5.74, 6) is 0.471. The second-order valence-corrected chi connectivity index (χ2v) is 3.21. The molecular formula is C6H10B2F2S. The van der Waals surface area contributed by atoms with Gasteiger partial charge in [0.15, 0.2) is 0 Å². The van der Waals surface area contributed by atoms with Crippen molar-refractivity contribution >= 4 is 28.3 Å². The Labute approximate surface area is 74.4 Å². The first kappa shape index (κ1) is 11.3. The van der Waals surface area contributed by atoms with Crippen molar-refractivity contribution in [3.8, 4) is 0 Å². The standard InChI is InChI=1S/C6H10B2F2S/c1-5(7,9)6(8,10)3-2-4-11/h11H,2-4H2,1H3. The molecule has 0 aromatic carbocycles. The van der Waals surface area contributed by atoms with Crippen LogP contribution >= 0.6 is 12.6 Å². The van der Waals surface area contributed by atoms with Gasteiger partial charge in [-0.05, 0) is 25.5 Å². The zero-order chi connectivity index (χ0) is 9.12. The SMILES string of the molecule is [B]C(C)(F)C([B])(F)CCCS. The zero-order valence-electron chi connectivity index (χ0n) is 6.48. The molecule has 0 aromatic heterocycles. The van der Waals surface area contributed by atoms with Gasteiger partial charge in [0, 0.05) is 0 Å². The van der Waals surface area contributed by atoms with Gasteiger partial charge in [0.2, 0.25) is 0 Å². The molecule has 0 N–H and O–H groups in total. The Morgan fingerprint density at radius 2 is 1.82 bits per heavy atom. The quantitative estimate of drug-likeness (QED) is 0.482. The summed E-state index contributed by atoms with van der Waals surface area (Å²) in [4.78, 5) is 0. The van der Waals surface area contributed by atoms with Crippen LogP contribution in [0.1, 0.15) is 19.8 Å². The maximum atomic E-state index is 13.0. The molecule has 5 heteroatoms. The van der Waals surface area contributed by atoms with Crippen LogP contribution in [0.15, 0.2) is 0 Å². The van der Waals surface area contributed by atoms with E-state index in [0.717, 1.165) is 6.92 Å². The normalized spacial score (nSPS) is 22.2. The Balaban J connectivity index is 4.00. The van der Waals surface area contributed by atoms with E-state index in [1.165, 1.54) is 0 Å². The van der Waals surface area contributed by atoms with Crippen molar-refractivity contribution in [2.75, 3.05) is 5.75 Å². The minimum absolute atomic E-state index is 0.111. The number of hydrogen-bond acceptors (Lipinski definition) is 1. The molecule has 11 heavy (non-hydrogen) atoms. The molecule has 0 saturated heterocycles. The highest BCUT2D eigenvalue weighted by Gasteiger charge is 2.39. The summed E-state index contributed by atoms with van der Waals surface area (Å²) in [5, 5.41) is 0. The van der Waals surface area contributed by atoms with Gasteiger partial charge in [-0.25, -0.2) is 0 Å². The average Bonchev–Trinajstić information content (AvgIpc) is 1.81. The molecule has 2 atom stereocenters. The third-order valence-corrected chi connectivity index (χ3v) is 1.83. The summed E-state index contributed by atoms with van der Waals surface area (Å²) in [6.45, 7) is 0.922. The Hall–Kier alpha value is 0.340. The van der Waals surface area contributed by atoms with Crippen molar-refractivity contribution in [2.24, 2.45) is 0 Å². The van der Waals surface area contributed by atoms with Gasteiger partial charge >= 0.3 is 0 Å². The van der Waals surface area contributed by atoms with Gasteiger partial charge in [0.25, 0.3) is 0 Å². The fraction of sp³-hybridized carbons (Fsp3) is 1.00. The summed E-state index contributed by atoms with van der Waals surface area (Å²) in [6, 6.07) is 0. The largest absolute Gasteiger partial charge is 0.253 e. The molecule has 0 fully saturated rings. The second kappa shape index (κ2) is 3.83. The predicted octanol–water partition coefficient (Wildman–Crippen LogP) is 1.38. The molecule has 0 aromatic rings. The fourth-order valence-corrected chi connectivity index (χ4v) is 0.739. The van der Waals surface area contributed by atoms with E-state index in [-0.39, 0.29) is 6.42 Å². The van der Waals surface area contributed by atoms with E-state index in [4.69, 9.17) is 15.7 Å². The molecule has 0 aliphatic rings. The monoisotopic (exact) mass is 174 g/mol. The van der Waals surface area contributed by atoms with Crippen LogP contribution in [0.3, 0.4) is 0 Å². The number of alkyl halides is 2. The Kier molecular flexibility index (Phi) is 3.95. The molecule has 2 unspecified atom stereocenters. The average molecular weight is 174 g/mol. The van der Waals surface area contributed by atoms with Crippen LogP contribution in [0, 0.1) is 0 Å². The van der Waals surface area contributed by atoms with Gasteiger partial charge in [-0.15, -0.1) is 0 Å². The molecule has 4 radical (unpaired) electrons. The van der Waals surface area contributed by atoms with Gasteiger partial charge in [0.1, 0.15) is 15.7 Å². The molecule has 0 rings (SSSR count). The lowest BCUT2D eigenvalue weighted by Gasteiger charge is -2.32. The first-order valence-corrected chi connectivity index (χ1v) is 4.01. The second-order valence-electron chi connectivity index (χ2n) is 2.77. The molecular weight excluding hydrogens is 164 g/mol. The molecule has 0 spiro atoms. The lowest BCUT2D eigenvalue weighted by molar-refractivity contribution is 0.0966. The van der Waals surface area contributed by atoms with E-state index in [0.29, 0.717) is 12.2 Å². The van der Waals surface area contributed by atoms with E-state index in [2.05, 4.69) is 12.6 Å². The lowest BCUT2D eigenvalue weighted by Crippen LogP contribution is -2.46. The van der Waals surface area contributed by atoms with Crippen molar-refractivity contribution in [1.82, 2.24) is 0 Å². The highest BCUT2D eigenvalue weighted by molar-refractivity contribution is 7.80. The van der Waals surface area contributed by atoms with Crippen LogP contribution in [0.4, 0.5) is 8.78 Å². The molecule has 0 heterocycles. The molecule has 0 aliphatic carbocycles. The van der Waals surface area contributed by atoms with Crippen molar-refractivity contribution in [2.45, 2.75) is 30.9 Å². The summed E-state index contributed by atoms with van der Waals surface area (Å²) < 4.78 is 25.8. The van der Waals surface area contributed by atoms with Crippen LogP contribution in [0.2, 0.25) is 0 Å². The minimum atomic E-state index is -2.48. The highest BCUT2D eigenvalue weighted by atomic mass is 32.1. The van der Waals surface area contributed by atoms with Gasteiger partial charge in [0.05, 0.1) is 11.1 Å². The number of rotatable bonds is 4. The molecule has 0 bridgehead atoms. The third-order valence-electron chi connectivity index (χ3n) is 1.51. The van der Waals surface area contributed by atoms with Crippen molar-refractivity contribution in [3.63, 3.8) is 0 Å². The Morgan fingerprint density at radius 1 is 1.36 bits per heavy atom. The van der Waals surface area contributed by atoms with E-state index in [1.54, 1.807) is 0 Å². The summed E-state index contributed by atoms with van der Waals surface area (Å²) in [7, 11) is 9.84. The van der Waals surface area contributed by atoms with E-state index in [9.17, 15) is 8.78 Å². The van der Waals surface area contributed by atoms with Crippen LogP contribution in [-0.2, 0) is 0 Å². The molecule has 0 amide bonds. The van der Waals surface area contributed by atoms with Crippen LogP contribution < -0.4 is 0 Å². The molecule has 0 aliphatic heterocycles. The summed E-state index contributed by atoms with van der Waals surface area (Å²) in [6.07, 6.45) is 0.298. The van der Waals surface area contributed by atoms with E-state index in [1.807, 2.05) is 0 Å². The summed E-state index contributed by atoms with van der Waals surface area (Å²) >= 11 is 3.84. The number of hydrogen-bond donors (Lipinski definition) is 1. The van der Waals surface area contributed by atoms with Crippen molar-refractivity contribution in [3.05, 3.63) is 0 Å². The van der Waals surface area contributed by atoms with Gasteiger partial charge in [-0.2, -0.15) is 12.6 Å². The van der Waals surface area contributed by atoms with Gasteiger partial charge in [-0.3, -0.25) is 8.78 Å². The first-order chi connectivity index (χ1) is 4.81. The molecule has 0 saturated carbocycles. The zero-order valence-corrected chi connectivity index (χ0v) is 7.37. The van der Waals surface area contributed by atoms with Crippen LogP contribution in [0.25, 0.3) is 0 Å². The fourth-order valence-electron chi connectivity index (χ4n) is 0.581. The Bertz CT molecular complexity index is 122. The number of thiol groups is 1. The topological polar surface area (TPSA) is 0 Å². The minimum Gasteiger partial charge on any atom is -0.253 e. The van der Waals surface area contributed by atoms with Crippen molar-refractivity contribution in [1.29, 1.82) is 0 Å². The van der Waals surface area contributed by atoms with Crippen LogP contribution in [-0.4, -0.2) is 32.6 Å². The smallest absolute Gasteiger partial charge is 0.124 e. The van der Waals surface area contributed by atoms with E-state index >= 15 is 0 Å². The number of halogens is 2.